The Bertz CT molecular complexity index is 447. The fourth-order valence-electron chi connectivity index (χ4n) is 4.18. The van der Waals surface area contributed by atoms with Crippen LogP contribution in [0, 0.1) is 0 Å². The van der Waals surface area contributed by atoms with Crippen molar-refractivity contribution in [2.75, 3.05) is 49.2 Å². The van der Waals surface area contributed by atoms with Gasteiger partial charge in [0.15, 0.2) is 6.17 Å². The topological polar surface area (TPSA) is 76.6 Å². The van der Waals surface area contributed by atoms with E-state index in [1.165, 1.54) is 7.11 Å². The molecule has 2 saturated heterocycles. The van der Waals surface area contributed by atoms with E-state index in [0.29, 0.717) is 6.61 Å². The molecule has 0 aromatic carbocycles. The minimum absolute atomic E-state index is 0.0288. The molecule has 2 aliphatic rings. The first-order chi connectivity index (χ1) is 13.8. The Kier molecular flexibility index (Phi) is 12.0. The highest BCUT2D eigenvalue weighted by Crippen LogP contribution is 2.27. The number of rotatable bonds is 7. The zero-order valence-corrected chi connectivity index (χ0v) is 19.2. The summed E-state index contributed by atoms with van der Waals surface area (Å²) in [7, 11) is 9.97. The lowest BCUT2D eigenvalue weighted by Gasteiger charge is -2.44. The van der Waals surface area contributed by atoms with Crippen molar-refractivity contribution in [3.8, 4) is 0 Å². The van der Waals surface area contributed by atoms with Gasteiger partial charge in [-0.2, -0.15) is 0 Å². The van der Waals surface area contributed by atoms with E-state index in [9.17, 15) is 4.39 Å². The largest absolute Gasteiger partial charge is 0.382 e. The smallest absolute Gasteiger partial charge is 0.154 e. The van der Waals surface area contributed by atoms with Crippen molar-refractivity contribution in [2.45, 2.75) is 81.8 Å². The molecule has 10 atom stereocenters. The van der Waals surface area contributed by atoms with Gasteiger partial charge < -0.3 is 38.5 Å². The summed E-state index contributed by atoms with van der Waals surface area (Å²) >= 11 is 0. The van der Waals surface area contributed by atoms with Crippen molar-refractivity contribution in [3.63, 3.8) is 0 Å². The molecule has 0 saturated carbocycles. The molecule has 0 aromatic rings. The van der Waals surface area contributed by atoms with E-state index in [2.05, 4.69) is 5.32 Å². The van der Waals surface area contributed by atoms with E-state index in [4.69, 9.17) is 33.2 Å². The molecule has 29 heavy (non-hydrogen) atoms. The first-order valence-electron chi connectivity index (χ1n) is 10.0. The Morgan fingerprint density at radius 1 is 0.724 bits per heavy atom. The van der Waals surface area contributed by atoms with E-state index >= 15 is 0 Å². The molecule has 0 aromatic heterocycles. The Balaban J connectivity index is 0.000000296. The summed E-state index contributed by atoms with van der Waals surface area (Å²) in [6.07, 6.45) is -2.67. The Labute approximate surface area is 174 Å². The van der Waals surface area contributed by atoms with Crippen LogP contribution in [0.15, 0.2) is 0 Å². The van der Waals surface area contributed by atoms with Gasteiger partial charge in [0.05, 0.1) is 31.0 Å². The number of likely N-dealkylation sites (N-methyl/N-ethyl adjacent to an activating group) is 1. The third kappa shape index (κ3) is 6.54. The Morgan fingerprint density at radius 3 is 1.72 bits per heavy atom. The average Bonchev–Trinajstić information content (AvgIpc) is 2.70. The van der Waals surface area contributed by atoms with Gasteiger partial charge in [0.2, 0.25) is 0 Å². The van der Waals surface area contributed by atoms with E-state index in [1.54, 1.807) is 35.4 Å². The molecule has 0 aliphatic carbocycles. The van der Waals surface area contributed by atoms with Crippen LogP contribution in [-0.2, 0) is 33.2 Å². The van der Waals surface area contributed by atoms with E-state index in [1.807, 2.05) is 20.9 Å². The van der Waals surface area contributed by atoms with Crippen LogP contribution in [0.1, 0.15) is 20.8 Å². The summed E-state index contributed by atoms with van der Waals surface area (Å²) < 4.78 is 51.1. The van der Waals surface area contributed by atoms with Gasteiger partial charge in [0.1, 0.15) is 30.5 Å². The van der Waals surface area contributed by atoms with Crippen molar-refractivity contribution < 1.29 is 37.5 Å². The summed E-state index contributed by atoms with van der Waals surface area (Å²) in [5, 5.41) is 3.21. The third-order valence-corrected chi connectivity index (χ3v) is 5.67. The Hall–Kier alpha value is -0.390. The fraction of sp³-hybridized carbons (Fsp3) is 1.00. The standard InChI is InChI=1S/C11H23NO4.C9H17FO3/c1-7-9(12-2)11(15-5)10(14-4)8(16-7)6-13-3;1-5-7(10)9(12-4)8(11-3)6(2)13-5/h7-12H,6H2,1-5H3;5-9H,1-4H3/t7-,8?,9?,10+,11?;5-,6?,7?,8+,9?/m00/s1. The quantitative estimate of drug-likeness (QED) is 0.652. The highest BCUT2D eigenvalue weighted by Gasteiger charge is 2.44. The molecule has 1 N–H and O–H groups in total. The Morgan fingerprint density at radius 2 is 1.28 bits per heavy atom. The zero-order valence-electron chi connectivity index (χ0n) is 19.2. The fourth-order valence-corrected chi connectivity index (χ4v) is 4.18. The van der Waals surface area contributed by atoms with Crippen molar-refractivity contribution in [1.29, 1.82) is 0 Å². The van der Waals surface area contributed by atoms with Crippen LogP contribution in [0.4, 0.5) is 4.39 Å². The number of ether oxygens (including phenoxy) is 7. The lowest BCUT2D eigenvalue weighted by molar-refractivity contribution is -0.209. The second-order valence-corrected chi connectivity index (χ2v) is 7.44. The predicted molar refractivity (Wildman–Crippen MR) is 107 cm³/mol. The van der Waals surface area contributed by atoms with Gasteiger partial charge in [-0.15, -0.1) is 0 Å². The zero-order chi connectivity index (χ0) is 22.1. The molecule has 9 heteroatoms. The van der Waals surface area contributed by atoms with Crippen molar-refractivity contribution in [3.05, 3.63) is 0 Å². The molecular weight excluding hydrogens is 385 g/mol. The van der Waals surface area contributed by atoms with Gasteiger partial charge in [-0.3, -0.25) is 0 Å². The SMILES string of the molecule is CNC1C(OC)[C@H](OC)C(COC)O[C@H]1C.COC1C(F)[C@H](C)OC(C)[C@H]1OC. The van der Waals surface area contributed by atoms with Crippen molar-refractivity contribution >= 4 is 0 Å². The van der Waals surface area contributed by atoms with Gasteiger partial charge in [-0.1, -0.05) is 0 Å². The molecule has 0 amide bonds. The maximum absolute atomic E-state index is 13.5. The maximum Gasteiger partial charge on any atom is 0.154 e. The molecule has 2 fully saturated rings. The summed E-state index contributed by atoms with van der Waals surface area (Å²) in [6.45, 7) is 6.11. The molecule has 0 spiro atoms. The summed E-state index contributed by atoms with van der Waals surface area (Å²) in [6, 6.07) is 0.128. The number of hydrogen-bond acceptors (Lipinski definition) is 8. The predicted octanol–water partition coefficient (Wildman–Crippen LogP) is 1.20. The van der Waals surface area contributed by atoms with E-state index < -0.39 is 18.4 Å². The van der Waals surface area contributed by atoms with Crippen molar-refractivity contribution in [1.82, 2.24) is 5.32 Å². The van der Waals surface area contributed by atoms with Crippen LogP contribution >= 0.6 is 0 Å². The van der Waals surface area contributed by atoms with Crippen LogP contribution in [0.5, 0.6) is 0 Å². The highest BCUT2D eigenvalue weighted by atomic mass is 19.1. The third-order valence-electron chi connectivity index (χ3n) is 5.67. The molecule has 0 bridgehead atoms. The van der Waals surface area contributed by atoms with Gasteiger partial charge >= 0.3 is 0 Å². The van der Waals surface area contributed by atoms with Crippen LogP contribution in [0.2, 0.25) is 0 Å². The normalized spacial score (nSPS) is 42.8. The summed E-state index contributed by atoms with van der Waals surface area (Å²) in [5.41, 5.74) is 0. The van der Waals surface area contributed by atoms with E-state index in [0.717, 1.165) is 0 Å². The van der Waals surface area contributed by atoms with Crippen LogP contribution in [0.3, 0.4) is 0 Å². The van der Waals surface area contributed by atoms with Crippen LogP contribution in [-0.4, -0.2) is 110 Å². The minimum atomic E-state index is -1.12. The average molecular weight is 426 g/mol. The first-order valence-corrected chi connectivity index (χ1v) is 10.0. The summed E-state index contributed by atoms with van der Waals surface area (Å²) in [5.74, 6) is 0. The molecule has 2 heterocycles. The van der Waals surface area contributed by atoms with Crippen LogP contribution in [0.25, 0.3) is 0 Å². The second kappa shape index (κ2) is 13.1. The molecule has 6 unspecified atom stereocenters. The van der Waals surface area contributed by atoms with Gasteiger partial charge in [0.25, 0.3) is 0 Å². The number of nitrogens with one attached hydrogen (secondary N) is 1. The van der Waals surface area contributed by atoms with Gasteiger partial charge in [-0.05, 0) is 27.8 Å². The number of alkyl halides is 1. The molecule has 2 rings (SSSR count). The lowest BCUT2D eigenvalue weighted by Crippen LogP contribution is -2.63. The minimum Gasteiger partial charge on any atom is -0.382 e. The molecule has 2 aliphatic heterocycles. The monoisotopic (exact) mass is 425 g/mol. The van der Waals surface area contributed by atoms with Gasteiger partial charge in [0, 0.05) is 35.5 Å². The second-order valence-electron chi connectivity index (χ2n) is 7.44. The summed E-state index contributed by atoms with van der Waals surface area (Å²) in [4.78, 5) is 0. The number of methoxy groups -OCH3 is 5. The number of halogens is 1. The van der Waals surface area contributed by atoms with E-state index in [-0.39, 0.29) is 42.7 Å². The molecular formula is C20H40FNO7. The van der Waals surface area contributed by atoms with Crippen molar-refractivity contribution in [2.24, 2.45) is 0 Å². The molecule has 0 radical (unpaired) electrons. The number of hydrogen-bond donors (Lipinski definition) is 1. The lowest BCUT2D eigenvalue weighted by atomic mass is 9.93. The maximum atomic E-state index is 13.5. The first kappa shape index (κ1) is 26.6. The molecule has 174 valence electrons. The highest BCUT2D eigenvalue weighted by molar-refractivity contribution is 4.96. The van der Waals surface area contributed by atoms with Crippen LogP contribution < -0.4 is 5.32 Å². The van der Waals surface area contributed by atoms with Gasteiger partial charge in [-0.25, -0.2) is 4.39 Å². The molecule has 8 nitrogen and oxygen atoms in total.